The van der Waals surface area contributed by atoms with E-state index in [9.17, 15) is 0 Å². The zero-order valence-electron chi connectivity index (χ0n) is 7.78. The van der Waals surface area contributed by atoms with E-state index < -0.39 is 0 Å². The van der Waals surface area contributed by atoms with Gasteiger partial charge in [-0.2, -0.15) is 0 Å². The van der Waals surface area contributed by atoms with Crippen molar-refractivity contribution in [2.75, 3.05) is 33.7 Å². The molecule has 0 saturated carbocycles. The molecule has 0 aliphatic rings. The summed E-state index contributed by atoms with van der Waals surface area (Å²) in [6.07, 6.45) is 0.962. The molecule has 0 unspecified atom stereocenters. The molecule has 1 N–H and O–H groups in total. The minimum absolute atomic E-state index is 0.962. The third-order valence-electron chi connectivity index (χ3n) is 1.34. The topological polar surface area (TPSA) is 15.3 Å². The van der Waals surface area contributed by atoms with E-state index in [1.165, 1.54) is 0 Å². The fourth-order valence-electron chi connectivity index (χ4n) is 0.704. The zero-order valence-corrected chi connectivity index (χ0v) is 7.78. The second-order valence-corrected chi connectivity index (χ2v) is 2.73. The van der Waals surface area contributed by atoms with Crippen LogP contribution in [0.1, 0.15) is 13.3 Å². The van der Waals surface area contributed by atoms with Crippen LogP contribution in [0.25, 0.3) is 0 Å². The SMILES string of the molecule is CC#CCCNCCN(C)C. The highest BCUT2D eigenvalue weighted by Gasteiger charge is 1.87. The van der Waals surface area contributed by atoms with Gasteiger partial charge in [-0.1, -0.05) is 0 Å². The van der Waals surface area contributed by atoms with Crippen molar-refractivity contribution >= 4 is 0 Å². The largest absolute Gasteiger partial charge is 0.315 e. The number of nitrogens with zero attached hydrogens (tertiary/aromatic N) is 1. The molecule has 2 heteroatoms. The van der Waals surface area contributed by atoms with Gasteiger partial charge in [-0.15, -0.1) is 11.8 Å². The van der Waals surface area contributed by atoms with E-state index in [1.54, 1.807) is 0 Å². The van der Waals surface area contributed by atoms with Gasteiger partial charge in [-0.3, -0.25) is 0 Å². The summed E-state index contributed by atoms with van der Waals surface area (Å²) in [5.74, 6) is 5.88. The van der Waals surface area contributed by atoms with Gasteiger partial charge in [0, 0.05) is 26.1 Å². The first kappa shape index (κ1) is 10.5. The fourth-order valence-corrected chi connectivity index (χ4v) is 0.704. The number of hydrogen-bond donors (Lipinski definition) is 1. The lowest BCUT2D eigenvalue weighted by molar-refractivity contribution is 0.401. The molecule has 0 aromatic rings. The Morgan fingerprint density at radius 2 is 2.00 bits per heavy atom. The lowest BCUT2D eigenvalue weighted by Gasteiger charge is -2.08. The molecule has 2 nitrogen and oxygen atoms in total. The van der Waals surface area contributed by atoms with Crippen molar-refractivity contribution in [1.29, 1.82) is 0 Å². The summed E-state index contributed by atoms with van der Waals surface area (Å²) in [5, 5.41) is 3.31. The Balaban J connectivity index is 2.95. The highest BCUT2D eigenvalue weighted by atomic mass is 15.1. The van der Waals surface area contributed by atoms with Gasteiger partial charge in [0.25, 0.3) is 0 Å². The van der Waals surface area contributed by atoms with Crippen LogP contribution in [0.3, 0.4) is 0 Å². The van der Waals surface area contributed by atoms with E-state index >= 15 is 0 Å². The first-order valence-electron chi connectivity index (χ1n) is 4.02. The van der Waals surface area contributed by atoms with E-state index in [1.807, 2.05) is 6.92 Å². The summed E-state index contributed by atoms with van der Waals surface area (Å²) < 4.78 is 0. The Bertz CT molecular complexity index is 130. The van der Waals surface area contributed by atoms with Gasteiger partial charge in [0.2, 0.25) is 0 Å². The maximum absolute atomic E-state index is 3.31. The molecule has 0 heterocycles. The molecule has 0 aliphatic carbocycles. The predicted octanol–water partition coefficient (Wildman–Crippen LogP) is 0.551. The van der Waals surface area contributed by atoms with Crippen molar-refractivity contribution in [2.45, 2.75) is 13.3 Å². The Kier molecular flexibility index (Phi) is 7.23. The first-order valence-corrected chi connectivity index (χ1v) is 4.02. The third-order valence-corrected chi connectivity index (χ3v) is 1.34. The minimum Gasteiger partial charge on any atom is -0.315 e. The van der Waals surface area contributed by atoms with Crippen LogP contribution in [0.2, 0.25) is 0 Å². The van der Waals surface area contributed by atoms with Crippen LogP contribution in [0.4, 0.5) is 0 Å². The monoisotopic (exact) mass is 154 g/mol. The van der Waals surface area contributed by atoms with E-state index in [2.05, 4.69) is 36.2 Å². The van der Waals surface area contributed by atoms with Crippen molar-refractivity contribution in [2.24, 2.45) is 0 Å². The van der Waals surface area contributed by atoms with Gasteiger partial charge in [0.1, 0.15) is 0 Å². The normalized spacial score (nSPS) is 9.45. The minimum atomic E-state index is 0.962. The van der Waals surface area contributed by atoms with E-state index in [4.69, 9.17) is 0 Å². The van der Waals surface area contributed by atoms with Crippen LogP contribution in [0.15, 0.2) is 0 Å². The average Bonchev–Trinajstić information content (AvgIpc) is 1.96. The number of nitrogens with one attached hydrogen (secondary N) is 1. The first-order chi connectivity index (χ1) is 5.27. The Morgan fingerprint density at radius 1 is 1.27 bits per heavy atom. The summed E-state index contributed by atoms with van der Waals surface area (Å²) in [6.45, 7) is 5.03. The highest BCUT2D eigenvalue weighted by molar-refractivity contribution is 4.95. The fraction of sp³-hybridized carbons (Fsp3) is 0.778. The smallest absolute Gasteiger partial charge is 0.0214 e. The van der Waals surface area contributed by atoms with Crippen molar-refractivity contribution in [3.8, 4) is 11.8 Å². The molecule has 0 bridgehead atoms. The molecule has 0 saturated heterocycles. The van der Waals surface area contributed by atoms with Crippen LogP contribution in [0.5, 0.6) is 0 Å². The second-order valence-electron chi connectivity index (χ2n) is 2.73. The molecule has 0 aromatic carbocycles. The maximum Gasteiger partial charge on any atom is 0.0214 e. The molecule has 0 amide bonds. The van der Waals surface area contributed by atoms with E-state index in [0.29, 0.717) is 0 Å². The molecule has 11 heavy (non-hydrogen) atoms. The molecular weight excluding hydrogens is 136 g/mol. The molecule has 0 rings (SSSR count). The molecule has 0 atom stereocenters. The Hall–Kier alpha value is -0.520. The lowest BCUT2D eigenvalue weighted by Crippen LogP contribution is -2.26. The molecule has 0 aliphatic heterocycles. The molecular formula is C9H18N2. The van der Waals surface area contributed by atoms with Crippen molar-refractivity contribution in [3.05, 3.63) is 0 Å². The van der Waals surface area contributed by atoms with Gasteiger partial charge in [0.15, 0.2) is 0 Å². The standard InChI is InChI=1S/C9H18N2/c1-4-5-6-7-10-8-9-11(2)3/h10H,6-9H2,1-3H3. The van der Waals surface area contributed by atoms with Gasteiger partial charge < -0.3 is 10.2 Å². The molecule has 64 valence electrons. The summed E-state index contributed by atoms with van der Waals surface area (Å²) in [4.78, 5) is 2.17. The average molecular weight is 154 g/mol. The van der Waals surface area contributed by atoms with E-state index in [0.717, 1.165) is 26.1 Å². The van der Waals surface area contributed by atoms with Crippen molar-refractivity contribution in [1.82, 2.24) is 10.2 Å². The highest BCUT2D eigenvalue weighted by Crippen LogP contribution is 1.73. The van der Waals surface area contributed by atoms with E-state index in [-0.39, 0.29) is 0 Å². The van der Waals surface area contributed by atoms with Crippen LogP contribution >= 0.6 is 0 Å². The number of likely N-dealkylation sites (N-methyl/N-ethyl adjacent to an activating group) is 1. The maximum atomic E-state index is 3.31. The van der Waals surface area contributed by atoms with Gasteiger partial charge in [0.05, 0.1) is 0 Å². The third kappa shape index (κ3) is 9.48. The predicted molar refractivity (Wildman–Crippen MR) is 49.5 cm³/mol. The van der Waals surface area contributed by atoms with Gasteiger partial charge in [-0.25, -0.2) is 0 Å². The Morgan fingerprint density at radius 3 is 2.55 bits per heavy atom. The van der Waals surface area contributed by atoms with Gasteiger partial charge in [-0.05, 0) is 21.0 Å². The summed E-state index contributed by atoms with van der Waals surface area (Å²) >= 11 is 0. The van der Waals surface area contributed by atoms with Crippen molar-refractivity contribution in [3.63, 3.8) is 0 Å². The lowest BCUT2D eigenvalue weighted by atomic mass is 10.4. The quantitative estimate of drug-likeness (QED) is 0.459. The molecule has 0 fully saturated rings. The number of rotatable bonds is 5. The Labute approximate surface area is 70.0 Å². The van der Waals surface area contributed by atoms with Crippen LogP contribution in [-0.4, -0.2) is 38.6 Å². The summed E-state index contributed by atoms with van der Waals surface area (Å²) in [7, 11) is 4.15. The molecule has 0 radical (unpaired) electrons. The summed E-state index contributed by atoms with van der Waals surface area (Å²) in [5.41, 5.74) is 0. The molecule has 0 aromatic heterocycles. The van der Waals surface area contributed by atoms with Crippen LogP contribution in [-0.2, 0) is 0 Å². The molecule has 0 spiro atoms. The van der Waals surface area contributed by atoms with Crippen LogP contribution < -0.4 is 5.32 Å². The van der Waals surface area contributed by atoms with Gasteiger partial charge >= 0.3 is 0 Å². The number of hydrogen-bond acceptors (Lipinski definition) is 2. The van der Waals surface area contributed by atoms with Crippen LogP contribution in [0, 0.1) is 11.8 Å². The zero-order chi connectivity index (χ0) is 8.53. The summed E-state index contributed by atoms with van der Waals surface area (Å²) in [6, 6.07) is 0. The van der Waals surface area contributed by atoms with Crippen molar-refractivity contribution < 1.29 is 0 Å². The second kappa shape index (κ2) is 7.59.